The summed E-state index contributed by atoms with van der Waals surface area (Å²) in [5.41, 5.74) is 4.50. The highest BCUT2D eigenvalue weighted by molar-refractivity contribution is 5.91. The number of carbonyl (C=O) groups is 2. The van der Waals surface area contributed by atoms with Gasteiger partial charge in [0.05, 0.1) is 18.3 Å². The number of amides is 2. The van der Waals surface area contributed by atoms with Gasteiger partial charge in [-0.1, -0.05) is 24.3 Å². The minimum absolute atomic E-state index is 0.101. The lowest BCUT2D eigenvalue weighted by Crippen LogP contribution is -2.15. The van der Waals surface area contributed by atoms with Crippen LogP contribution in [-0.2, 0) is 16.0 Å². The smallest absolute Gasteiger partial charge is 0.229 e. The Balaban J connectivity index is 1.56. The van der Waals surface area contributed by atoms with Gasteiger partial charge in [0.15, 0.2) is 0 Å². The minimum atomic E-state index is -0.107. The number of nitrogens with zero attached hydrogens (tertiary/aromatic N) is 1. The van der Waals surface area contributed by atoms with E-state index < -0.39 is 0 Å². The molecule has 6 nitrogen and oxygen atoms in total. The summed E-state index contributed by atoms with van der Waals surface area (Å²) in [6.07, 6.45) is 1.97. The van der Waals surface area contributed by atoms with E-state index in [1.54, 1.807) is 12.3 Å². The molecule has 0 aliphatic rings. The molecule has 28 heavy (non-hydrogen) atoms. The van der Waals surface area contributed by atoms with Gasteiger partial charge < -0.3 is 16.0 Å². The van der Waals surface area contributed by atoms with Crippen molar-refractivity contribution in [3.8, 4) is 0 Å². The maximum absolute atomic E-state index is 12.2. The van der Waals surface area contributed by atoms with Gasteiger partial charge in [-0.2, -0.15) is 0 Å². The van der Waals surface area contributed by atoms with Crippen LogP contribution in [0.15, 0.2) is 66.9 Å². The molecule has 0 aliphatic carbocycles. The van der Waals surface area contributed by atoms with E-state index in [9.17, 15) is 9.59 Å². The topological polar surface area (TPSA) is 83.1 Å². The van der Waals surface area contributed by atoms with Crippen molar-refractivity contribution in [2.75, 3.05) is 16.0 Å². The Hall–Kier alpha value is -3.67. The van der Waals surface area contributed by atoms with E-state index in [2.05, 4.69) is 20.9 Å². The fourth-order valence-corrected chi connectivity index (χ4v) is 2.72. The quantitative estimate of drug-likeness (QED) is 0.602. The van der Waals surface area contributed by atoms with Crippen LogP contribution in [0.25, 0.3) is 0 Å². The second-order valence-corrected chi connectivity index (χ2v) is 6.47. The van der Waals surface area contributed by atoms with Crippen molar-refractivity contribution in [1.82, 2.24) is 4.98 Å². The molecule has 3 aromatic rings. The Morgan fingerprint density at radius 1 is 0.857 bits per heavy atom. The van der Waals surface area contributed by atoms with E-state index in [0.29, 0.717) is 12.2 Å². The minimum Gasteiger partial charge on any atom is -0.354 e. The molecule has 0 unspecified atom stereocenters. The molecule has 2 aromatic carbocycles. The first-order valence-electron chi connectivity index (χ1n) is 8.95. The van der Waals surface area contributed by atoms with Crippen LogP contribution in [0.2, 0.25) is 0 Å². The third-order valence-electron chi connectivity index (χ3n) is 4.14. The molecule has 142 valence electrons. The third kappa shape index (κ3) is 5.41. The van der Waals surface area contributed by atoms with Gasteiger partial charge in [-0.25, -0.2) is 4.98 Å². The number of pyridine rings is 1. The number of hydrogen-bond donors (Lipinski definition) is 3. The maximum atomic E-state index is 12.2. The number of nitrogens with one attached hydrogen (secondary N) is 3. The van der Waals surface area contributed by atoms with Crippen LogP contribution in [0.3, 0.4) is 0 Å². The molecular weight excluding hydrogens is 352 g/mol. The lowest BCUT2D eigenvalue weighted by molar-refractivity contribution is -0.116. The van der Waals surface area contributed by atoms with Gasteiger partial charge in [-0.05, 0) is 54.4 Å². The van der Waals surface area contributed by atoms with Gasteiger partial charge in [0, 0.05) is 18.3 Å². The van der Waals surface area contributed by atoms with E-state index in [1.807, 2.05) is 61.5 Å². The summed E-state index contributed by atoms with van der Waals surface area (Å²) >= 11 is 0. The summed E-state index contributed by atoms with van der Waals surface area (Å²) < 4.78 is 0. The number of aromatic nitrogens is 1. The number of carbonyl (C=O) groups excluding carboxylic acids is 2. The Bertz CT molecular complexity index is 967. The second-order valence-electron chi connectivity index (χ2n) is 6.47. The van der Waals surface area contributed by atoms with Gasteiger partial charge in [-0.3, -0.25) is 9.59 Å². The van der Waals surface area contributed by atoms with E-state index in [0.717, 1.165) is 28.2 Å². The number of hydrogen-bond acceptors (Lipinski definition) is 4. The van der Waals surface area contributed by atoms with Gasteiger partial charge in [0.2, 0.25) is 11.8 Å². The van der Waals surface area contributed by atoms with E-state index in [1.165, 1.54) is 6.92 Å². The van der Waals surface area contributed by atoms with Crippen LogP contribution in [0, 0.1) is 6.92 Å². The molecular formula is C22H22N4O2. The van der Waals surface area contributed by atoms with Crippen molar-refractivity contribution in [3.05, 3.63) is 78.0 Å². The first-order chi connectivity index (χ1) is 13.5. The summed E-state index contributed by atoms with van der Waals surface area (Å²) in [7, 11) is 0. The van der Waals surface area contributed by atoms with Crippen molar-refractivity contribution >= 4 is 34.7 Å². The van der Waals surface area contributed by atoms with Gasteiger partial charge in [0.25, 0.3) is 0 Å². The Kier molecular flexibility index (Phi) is 6.01. The number of aryl methyl sites for hydroxylation is 1. The molecule has 3 rings (SSSR count). The molecule has 3 N–H and O–H groups in total. The van der Waals surface area contributed by atoms with Crippen molar-refractivity contribution < 1.29 is 9.59 Å². The fourth-order valence-electron chi connectivity index (χ4n) is 2.72. The monoisotopic (exact) mass is 374 g/mol. The predicted molar refractivity (Wildman–Crippen MR) is 112 cm³/mol. The average Bonchev–Trinajstić information content (AvgIpc) is 2.66. The summed E-state index contributed by atoms with van der Waals surface area (Å²) in [5, 5.41) is 8.76. The van der Waals surface area contributed by atoms with E-state index in [-0.39, 0.29) is 11.8 Å². The summed E-state index contributed by atoms with van der Waals surface area (Å²) in [6, 6.07) is 18.8. The molecule has 1 aromatic heterocycles. The average molecular weight is 374 g/mol. The first kappa shape index (κ1) is 19.1. The van der Waals surface area contributed by atoms with Gasteiger partial charge >= 0.3 is 0 Å². The predicted octanol–water partition coefficient (Wildman–Crippen LogP) is 4.27. The summed E-state index contributed by atoms with van der Waals surface area (Å²) in [6.45, 7) is 3.46. The zero-order valence-electron chi connectivity index (χ0n) is 15.8. The normalized spacial score (nSPS) is 10.2. The Morgan fingerprint density at radius 3 is 2.18 bits per heavy atom. The van der Waals surface area contributed by atoms with Crippen LogP contribution in [0.4, 0.5) is 22.9 Å². The zero-order chi connectivity index (χ0) is 19.9. The first-order valence-corrected chi connectivity index (χ1v) is 8.95. The van der Waals surface area contributed by atoms with Gasteiger partial charge in [0.1, 0.15) is 5.82 Å². The van der Waals surface area contributed by atoms with E-state index in [4.69, 9.17) is 0 Å². The Labute approximate surface area is 164 Å². The third-order valence-corrected chi connectivity index (χ3v) is 4.14. The molecule has 1 heterocycles. The molecule has 0 radical (unpaired) electrons. The molecule has 0 aliphatic heterocycles. The van der Waals surface area contributed by atoms with Crippen molar-refractivity contribution in [2.45, 2.75) is 20.3 Å². The highest BCUT2D eigenvalue weighted by Gasteiger charge is 2.07. The van der Waals surface area contributed by atoms with Crippen molar-refractivity contribution in [3.63, 3.8) is 0 Å². The maximum Gasteiger partial charge on any atom is 0.229 e. The van der Waals surface area contributed by atoms with Crippen LogP contribution in [0.5, 0.6) is 0 Å². The molecule has 6 heteroatoms. The molecule has 0 saturated heterocycles. The summed E-state index contributed by atoms with van der Waals surface area (Å²) in [5.74, 6) is 0.297. The van der Waals surface area contributed by atoms with Crippen LogP contribution < -0.4 is 16.0 Å². The number of benzene rings is 2. The lowest BCUT2D eigenvalue weighted by Gasteiger charge is -2.09. The molecule has 0 fully saturated rings. The Morgan fingerprint density at radius 2 is 1.54 bits per heavy atom. The lowest BCUT2D eigenvalue weighted by atomic mass is 10.1. The van der Waals surface area contributed by atoms with Crippen molar-refractivity contribution in [2.24, 2.45) is 0 Å². The molecule has 0 bridgehead atoms. The highest BCUT2D eigenvalue weighted by atomic mass is 16.2. The second kappa shape index (κ2) is 8.81. The van der Waals surface area contributed by atoms with Crippen molar-refractivity contribution in [1.29, 1.82) is 0 Å². The highest BCUT2D eigenvalue weighted by Crippen LogP contribution is 2.19. The van der Waals surface area contributed by atoms with Gasteiger partial charge in [-0.15, -0.1) is 0 Å². The van der Waals surface area contributed by atoms with Crippen LogP contribution in [0.1, 0.15) is 18.1 Å². The SMILES string of the molecule is CC(=O)Nc1ccc(Nc2ccc(NC(=O)Cc3ccccc3C)nc2)cc1. The van der Waals surface area contributed by atoms with Crippen LogP contribution >= 0.6 is 0 Å². The molecule has 2 amide bonds. The van der Waals surface area contributed by atoms with Crippen LogP contribution in [-0.4, -0.2) is 16.8 Å². The fraction of sp³-hybridized carbons (Fsp3) is 0.136. The summed E-state index contributed by atoms with van der Waals surface area (Å²) in [4.78, 5) is 27.6. The number of anilines is 4. The van der Waals surface area contributed by atoms with E-state index >= 15 is 0 Å². The largest absolute Gasteiger partial charge is 0.354 e. The molecule has 0 spiro atoms. The molecule has 0 atom stereocenters. The standard InChI is InChI=1S/C22H22N4O2/c1-15-5-3-4-6-17(15)13-22(28)26-21-12-11-20(14-23-21)25-19-9-7-18(8-10-19)24-16(2)27/h3-12,14,25H,13H2,1-2H3,(H,24,27)(H,23,26,28). The molecule has 0 saturated carbocycles. The number of rotatable bonds is 6. The zero-order valence-corrected chi connectivity index (χ0v) is 15.8.